The fourth-order valence-electron chi connectivity index (χ4n) is 1.22. The largest absolute Gasteiger partial charge is 0.310 e. The summed E-state index contributed by atoms with van der Waals surface area (Å²) in [5, 5.41) is 13.9. The van der Waals surface area contributed by atoms with Crippen molar-refractivity contribution in [3.05, 3.63) is 38.3 Å². The molecule has 16 heavy (non-hydrogen) atoms. The van der Waals surface area contributed by atoms with Crippen molar-refractivity contribution in [2.45, 2.75) is 32.9 Å². The number of nitrogens with zero attached hydrogens (tertiary/aromatic N) is 1. The number of non-ortho nitro benzene ring substituents is 1. The third-order valence-corrected chi connectivity index (χ3v) is 3.24. The van der Waals surface area contributed by atoms with E-state index in [-0.39, 0.29) is 5.69 Å². The number of halogens is 1. The number of nitro benzene ring substituents is 1. The predicted molar refractivity (Wildman–Crippen MR) is 67.4 cm³/mol. The Bertz CT molecular complexity index is 382. The van der Waals surface area contributed by atoms with Gasteiger partial charge in [-0.2, -0.15) is 0 Å². The zero-order chi connectivity index (χ0) is 12.1. The lowest BCUT2D eigenvalue weighted by molar-refractivity contribution is -0.384. The van der Waals surface area contributed by atoms with Crippen molar-refractivity contribution in [1.29, 1.82) is 0 Å². The van der Waals surface area contributed by atoms with Crippen molar-refractivity contribution < 1.29 is 4.92 Å². The first-order valence-electron chi connectivity index (χ1n) is 5.20. The summed E-state index contributed by atoms with van der Waals surface area (Å²) in [6.07, 6.45) is 1.06. The Morgan fingerprint density at radius 1 is 1.56 bits per heavy atom. The lowest BCUT2D eigenvalue weighted by Gasteiger charge is -2.12. The summed E-state index contributed by atoms with van der Waals surface area (Å²) in [5.41, 5.74) is 1.14. The van der Waals surface area contributed by atoms with E-state index in [1.54, 1.807) is 6.07 Å². The second kappa shape index (κ2) is 5.96. The van der Waals surface area contributed by atoms with Crippen LogP contribution in [0.1, 0.15) is 25.8 Å². The maximum absolute atomic E-state index is 10.5. The van der Waals surface area contributed by atoms with Crippen LogP contribution in [0, 0.1) is 10.1 Å². The first-order chi connectivity index (χ1) is 7.54. The Morgan fingerprint density at radius 2 is 2.25 bits per heavy atom. The van der Waals surface area contributed by atoms with E-state index in [2.05, 4.69) is 35.1 Å². The van der Waals surface area contributed by atoms with Gasteiger partial charge in [0.2, 0.25) is 0 Å². The second-order valence-corrected chi connectivity index (χ2v) is 4.58. The maximum Gasteiger partial charge on any atom is 0.270 e. The minimum absolute atomic E-state index is 0.110. The quantitative estimate of drug-likeness (QED) is 0.668. The van der Waals surface area contributed by atoms with Crippen LogP contribution < -0.4 is 5.32 Å². The molecule has 0 radical (unpaired) electrons. The molecule has 0 fully saturated rings. The Labute approximate surface area is 103 Å². The summed E-state index contributed by atoms with van der Waals surface area (Å²) in [6.45, 7) is 4.94. The van der Waals surface area contributed by atoms with Gasteiger partial charge in [-0.05, 0) is 25.0 Å². The number of benzene rings is 1. The number of nitrogens with one attached hydrogen (secondary N) is 1. The molecule has 0 aromatic heterocycles. The summed E-state index contributed by atoms with van der Waals surface area (Å²) in [4.78, 5) is 10.2. The fourth-order valence-corrected chi connectivity index (χ4v) is 1.73. The molecule has 1 unspecified atom stereocenters. The summed E-state index contributed by atoms with van der Waals surface area (Å²) < 4.78 is 0.775. The normalized spacial score (nSPS) is 12.4. The van der Waals surface area contributed by atoms with Crippen LogP contribution in [0.15, 0.2) is 22.7 Å². The van der Waals surface area contributed by atoms with Crippen LogP contribution in [0.25, 0.3) is 0 Å². The highest BCUT2D eigenvalue weighted by Gasteiger charge is 2.09. The Kier molecular flexibility index (Phi) is 4.89. The molecule has 0 saturated heterocycles. The van der Waals surface area contributed by atoms with E-state index in [9.17, 15) is 10.1 Å². The molecule has 4 nitrogen and oxygen atoms in total. The Balaban J connectivity index is 2.72. The van der Waals surface area contributed by atoms with Crippen LogP contribution in [0.3, 0.4) is 0 Å². The number of nitro groups is 1. The molecule has 0 aliphatic heterocycles. The lowest BCUT2D eigenvalue weighted by Crippen LogP contribution is -2.24. The van der Waals surface area contributed by atoms with Gasteiger partial charge >= 0.3 is 0 Å². The van der Waals surface area contributed by atoms with Crippen LogP contribution in [0.2, 0.25) is 0 Å². The summed E-state index contributed by atoms with van der Waals surface area (Å²) in [5.74, 6) is 0. The Morgan fingerprint density at radius 3 is 2.75 bits per heavy atom. The molecule has 1 atom stereocenters. The average molecular weight is 287 g/mol. The van der Waals surface area contributed by atoms with Gasteiger partial charge in [0.05, 0.1) is 4.92 Å². The number of hydrogen-bond acceptors (Lipinski definition) is 3. The third-order valence-electron chi connectivity index (χ3n) is 2.50. The molecule has 0 aliphatic rings. The van der Waals surface area contributed by atoms with Crippen LogP contribution in [-0.2, 0) is 6.54 Å². The highest BCUT2D eigenvalue weighted by molar-refractivity contribution is 9.10. The Hall–Kier alpha value is -0.940. The van der Waals surface area contributed by atoms with Gasteiger partial charge in [0.1, 0.15) is 0 Å². The maximum atomic E-state index is 10.5. The van der Waals surface area contributed by atoms with Crippen molar-refractivity contribution in [1.82, 2.24) is 5.32 Å². The fraction of sp³-hybridized carbons (Fsp3) is 0.455. The molecule has 1 rings (SSSR count). The monoisotopic (exact) mass is 286 g/mol. The zero-order valence-electron chi connectivity index (χ0n) is 9.37. The standard InChI is InChI=1S/C11H15BrN2O2/c1-3-8(2)13-7-9-4-5-10(14(15)16)6-11(9)12/h4-6,8,13H,3,7H2,1-2H3. The van der Waals surface area contributed by atoms with Crippen LogP contribution >= 0.6 is 15.9 Å². The van der Waals surface area contributed by atoms with Gasteiger partial charge in [0, 0.05) is 29.2 Å². The zero-order valence-corrected chi connectivity index (χ0v) is 11.0. The predicted octanol–water partition coefficient (Wildman–Crippen LogP) is 3.25. The third kappa shape index (κ3) is 3.57. The van der Waals surface area contributed by atoms with Gasteiger partial charge in [0.25, 0.3) is 5.69 Å². The average Bonchev–Trinajstić information content (AvgIpc) is 2.26. The molecule has 1 N–H and O–H groups in total. The molecule has 88 valence electrons. The molecule has 1 aromatic carbocycles. The minimum atomic E-state index is -0.392. The van der Waals surface area contributed by atoms with E-state index in [1.165, 1.54) is 12.1 Å². The minimum Gasteiger partial charge on any atom is -0.310 e. The van der Waals surface area contributed by atoms with E-state index in [0.717, 1.165) is 16.5 Å². The van der Waals surface area contributed by atoms with E-state index < -0.39 is 4.92 Å². The molecular formula is C11H15BrN2O2. The van der Waals surface area contributed by atoms with E-state index >= 15 is 0 Å². The summed E-state index contributed by atoms with van der Waals surface area (Å²) in [6, 6.07) is 5.28. The molecule has 0 heterocycles. The molecule has 0 aliphatic carbocycles. The highest BCUT2D eigenvalue weighted by atomic mass is 79.9. The van der Waals surface area contributed by atoms with Crippen molar-refractivity contribution in [2.75, 3.05) is 0 Å². The van der Waals surface area contributed by atoms with E-state index in [0.29, 0.717) is 12.6 Å². The molecule has 0 amide bonds. The second-order valence-electron chi connectivity index (χ2n) is 3.72. The summed E-state index contributed by atoms with van der Waals surface area (Å²) >= 11 is 3.34. The number of hydrogen-bond donors (Lipinski definition) is 1. The highest BCUT2D eigenvalue weighted by Crippen LogP contribution is 2.22. The lowest BCUT2D eigenvalue weighted by atomic mass is 10.2. The van der Waals surface area contributed by atoms with E-state index in [1.807, 2.05) is 0 Å². The molecule has 0 spiro atoms. The van der Waals surface area contributed by atoms with Gasteiger partial charge in [-0.1, -0.05) is 22.9 Å². The molecule has 0 saturated carbocycles. The van der Waals surface area contributed by atoms with Gasteiger partial charge < -0.3 is 5.32 Å². The van der Waals surface area contributed by atoms with Crippen molar-refractivity contribution >= 4 is 21.6 Å². The first kappa shape index (κ1) is 13.1. The van der Waals surface area contributed by atoms with E-state index in [4.69, 9.17) is 0 Å². The van der Waals surface area contributed by atoms with Gasteiger partial charge in [0.15, 0.2) is 0 Å². The van der Waals surface area contributed by atoms with Crippen molar-refractivity contribution in [3.8, 4) is 0 Å². The topological polar surface area (TPSA) is 55.2 Å². The SMILES string of the molecule is CCC(C)NCc1ccc([N+](=O)[O-])cc1Br. The van der Waals surface area contributed by atoms with Gasteiger partial charge in [-0.25, -0.2) is 0 Å². The van der Waals surface area contributed by atoms with Gasteiger partial charge in [-0.15, -0.1) is 0 Å². The smallest absolute Gasteiger partial charge is 0.270 e. The summed E-state index contributed by atoms with van der Waals surface area (Å²) in [7, 11) is 0. The first-order valence-corrected chi connectivity index (χ1v) is 6.00. The van der Waals surface area contributed by atoms with Gasteiger partial charge in [-0.3, -0.25) is 10.1 Å². The van der Waals surface area contributed by atoms with Crippen LogP contribution in [0.5, 0.6) is 0 Å². The molecule has 1 aromatic rings. The molecular weight excluding hydrogens is 272 g/mol. The van der Waals surface area contributed by atoms with Crippen LogP contribution in [0.4, 0.5) is 5.69 Å². The van der Waals surface area contributed by atoms with Crippen molar-refractivity contribution in [3.63, 3.8) is 0 Å². The molecule has 0 bridgehead atoms. The number of rotatable bonds is 5. The van der Waals surface area contributed by atoms with Crippen LogP contribution in [-0.4, -0.2) is 11.0 Å². The molecule has 5 heteroatoms. The van der Waals surface area contributed by atoms with Crippen molar-refractivity contribution in [2.24, 2.45) is 0 Å².